The Labute approximate surface area is 131 Å². The maximum atomic E-state index is 12.0. The first-order chi connectivity index (χ1) is 10.4. The number of ether oxygens (including phenoxy) is 2. The molecule has 0 aromatic heterocycles. The van der Waals surface area contributed by atoms with Gasteiger partial charge in [0.1, 0.15) is 11.5 Å². The van der Waals surface area contributed by atoms with Gasteiger partial charge in [-0.05, 0) is 30.5 Å². The van der Waals surface area contributed by atoms with E-state index in [1.54, 1.807) is 12.1 Å². The van der Waals surface area contributed by atoms with Gasteiger partial charge in [0.2, 0.25) is 0 Å². The molecule has 0 saturated heterocycles. The van der Waals surface area contributed by atoms with Crippen molar-refractivity contribution in [1.82, 2.24) is 0 Å². The van der Waals surface area contributed by atoms with Crippen molar-refractivity contribution in [1.29, 1.82) is 0 Å². The molecule has 3 nitrogen and oxygen atoms in total. The highest BCUT2D eigenvalue weighted by Gasteiger charge is 2.20. The van der Waals surface area contributed by atoms with E-state index in [2.05, 4.69) is 26.8 Å². The van der Waals surface area contributed by atoms with E-state index in [0.717, 1.165) is 11.1 Å². The Morgan fingerprint density at radius 1 is 1.05 bits per heavy atom. The van der Waals surface area contributed by atoms with Crippen molar-refractivity contribution in [3.8, 4) is 11.5 Å². The Morgan fingerprint density at radius 2 is 1.73 bits per heavy atom. The van der Waals surface area contributed by atoms with E-state index in [9.17, 15) is 4.79 Å². The van der Waals surface area contributed by atoms with Crippen molar-refractivity contribution in [2.24, 2.45) is 0 Å². The summed E-state index contributed by atoms with van der Waals surface area (Å²) in [6, 6.07) is 15.1. The van der Waals surface area contributed by atoms with Gasteiger partial charge in [0, 0.05) is 5.56 Å². The SMILES string of the molecule is Cc1ccc(OC(=O)COc2ccccc2)c(C(C)(C)C)c1. The van der Waals surface area contributed by atoms with Gasteiger partial charge in [0.25, 0.3) is 0 Å². The largest absolute Gasteiger partial charge is 0.482 e. The molecular formula is C19H22O3. The fraction of sp³-hybridized carbons (Fsp3) is 0.316. The second-order valence-electron chi connectivity index (χ2n) is 6.33. The number of para-hydroxylation sites is 1. The van der Waals surface area contributed by atoms with Crippen molar-refractivity contribution >= 4 is 5.97 Å². The van der Waals surface area contributed by atoms with Crippen LogP contribution in [0, 0.1) is 6.92 Å². The molecule has 0 radical (unpaired) electrons. The minimum absolute atomic E-state index is 0.0953. The van der Waals surface area contributed by atoms with E-state index in [-0.39, 0.29) is 12.0 Å². The molecule has 0 amide bonds. The van der Waals surface area contributed by atoms with Crippen LogP contribution in [0.25, 0.3) is 0 Å². The van der Waals surface area contributed by atoms with E-state index in [1.807, 2.05) is 37.3 Å². The number of rotatable bonds is 4. The van der Waals surface area contributed by atoms with Crippen LogP contribution in [0.4, 0.5) is 0 Å². The lowest BCUT2D eigenvalue weighted by atomic mass is 9.85. The summed E-state index contributed by atoms with van der Waals surface area (Å²) in [5.41, 5.74) is 2.06. The molecule has 0 aliphatic heterocycles. The molecule has 0 N–H and O–H groups in total. The number of hydrogen-bond acceptors (Lipinski definition) is 3. The van der Waals surface area contributed by atoms with Crippen LogP contribution in [0.3, 0.4) is 0 Å². The molecule has 2 rings (SSSR count). The molecular weight excluding hydrogens is 276 g/mol. The minimum Gasteiger partial charge on any atom is -0.482 e. The average molecular weight is 298 g/mol. The van der Waals surface area contributed by atoms with Crippen molar-refractivity contribution in [3.05, 3.63) is 59.7 Å². The smallest absolute Gasteiger partial charge is 0.349 e. The van der Waals surface area contributed by atoms with Crippen LogP contribution in [0.1, 0.15) is 31.9 Å². The number of esters is 1. The van der Waals surface area contributed by atoms with Gasteiger partial charge in [-0.1, -0.05) is 56.7 Å². The van der Waals surface area contributed by atoms with Crippen molar-refractivity contribution in [2.75, 3.05) is 6.61 Å². The van der Waals surface area contributed by atoms with E-state index in [0.29, 0.717) is 11.5 Å². The van der Waals surface area contributed by atoms with Crippen molar-refractivity contribution in [2.45, 2.75) is 33.1 Å². The monoisotopic (exact) mass is 298 g/mol. The molecule has 0 spiro atoms. The molecule has 0 bridgehead atoms. The maximum absolute atomic E-state index is 12.0. The van der Waals surface area contributed by atoms with Gasteiger partial charge in [-0.15, -0.1) is 0 Å². The van der Waals surface area contributed by atoms with E-state index in [1.165, 1.54) is 0 Å². The predicted molar refractivity (Wildman–Crippen MR) is 87.5 cm³/mol. The molecule has 2 aromatic carbocycles. The van der Waals surface area contributed by atoms with Gasteiger partial charge in [0.15, 0.2) is 6.61 Å². The number of carbonyl (C=O) groups excluding carboxylic acids is 1. The maximum Gasteiger partial charge on any atom is 0.349 e. The van der Waals surface area contributed by atoms with Crippen LogP contribution in [-0.2, 0) is 10.2 Å². The third-order valence-electron chi connectivity index (χ3n) is 3.27. The zero-order valence-corrected chi connectivity index (χ0v) is 13.6. The summed E-state index contributed by atoms with van der Waals surface area (Å²) >= 11 is 0. The normalized spacial score (nSPS) is 11.1. The highest BCUT2D eigenvalue weighted by atomic mass is 16.6. The summed E-state index contributed by atoms with van der Waals surface area (Å²) < 4.78 is 10.9. The zero-order valence-electron chi connectivity index (χ0n) is 13.6. The Bertz CT molecular complexity index is 639. The number of hydrogen-bond donors (Lipinski definition) is 0. The third-order valence-corrected chi connectivity index (χ3v) is 3.27. The van der Waals surface area contributed by atoms with Crippen molar-refractivity contribution < 1.29 is 14.3 Å². The Hall–Kier alpha value is -2.29. The Kier molecular flexibility index (Phi) is 4.86. The summed E-state index contributed by atoms with van der Waals surface area (Å²) in [6.45, 7) is 8.21. The topological polar surface area (TPSA) is 35.5 Å². The number of benzene rings is 2. The minimum atomic E-state index is -0.404. The summed E-state index contributed by atoms with van der Waals surface area (Å²) in [5, 5.41) is 0. The van der Waals surface area contributed by atoms with Crippen LogP contribution in [-0.4, -0.2) is 12.6 Å². The lowest BCUT2D eigenvalue weighted by Gasteiger charge is -2.22. The van der Waals surface area contributed by atoms with Gasteiger partial charge in [-0.2, -0.15) is 0 Å². The Balaban J connectivity index is 2.06. The molecule has 3 heteroatoms. The highest BCUT2D eigenvalue weighted by Crippen LogP contribution is 2.32. The zero-order chi connectivity index (χ0) is 16.2. The summed E-state index contributed by atoms with van der Waals surface area (Å²) in [7, 11) is 0. The molecule has 0 saturated carbocycles. The van der Waals surface area contributed by atoms with Crippen LogP contribution < -0.4 is 9.47 Å². The van der Waals surface area contributed by atoms with E-state index < -0.39 is 5.97 Å². The van der Waals surface area contributed by atoms with Gasteiger partial charge in [-0.3, -0.25) is 0 Å². The molecule has 0 fully saturated rings. The molecule has 0 aliphatic rings. The quantitative estimate of drug-likeness (QED) is 0.624. The number of aryl methyl sites for hydroxylation is 1. The van der Waals surface area contributed by atoms with Gasteiger partial charge in [0.05, 0.1) is 0 Å². The first-order valence-electron chi connectivity index (χ1n) is 7.36. The van der Waals surface area contributed by atoms with Gasteiger partial charge < -0.3 is 9.47 Å². The third kappa shape index (κ3) is 4.35. The van der Waals surface area contributed by atoms with E-state index in [4.69, 9.17) is 9.47 Å². The summed E-state index contributed by atoms with van der Waals surface area (Å²) in [6.07, 6.45) is 0. The van der Waals surface area contributed by atoms with Crippen LogP contribution >= 0.6 is 0 Å². The average Bonchev–Trinajstić information content (AvgIpc) is 2.47. The van der Waals surface area contributed by atoms with Crippen LogP contribution in [0.15, 0.2) is 48.5 Å². The Morgan fingerprint density at radius 3 is 2.36 bits per heavy atom. The molecule has 2 aromatic rings. The molecule has 116 valence electrons. The molecule has 0 unspecified atom stereocenters. The lowest BCUT2D eigenvalue weighted by molar-refractivity contribution is -0.136. The fourth-order valence-electron chi connectivity index (χ4n) is 2.13. The second kappa shape index (κ2) is 6.65. The first-order valence-corrected chi connectivity index (χ1v) is 7.36. The second-order valence-corrected chi connectivity index (χ2v) is 6.33. The summed E-state index contributed by atoms with van der Waals surface area (Å²) in [5.74, 6) is 0.845. The van der Waals surface area contributed by atoms with Crippen LogP contribution in [0.2, 0.25) is 0 Å². The number of carbonyl (C=O) groups is 1. The highest BCUT2D eigenvalue weighted by molar-refractivity contribution is 5.74. The standard InChI is InChI=1S/C19H22O3/c1-14-10-11-17(16(12-14)19(2,3)4)22-18(20)13-21-15-8-6-5-7-9-15/h5-12H,13H2,1-4H3. The summed E-state index contributed by atoms with van der Waals surface area (Å²) in [4.78, 5) is 12.0. The first kappa shape index (κ1) is 16.1. The molecule has 0 heterocycles. The van der Waals surface area contributed by atoms with Crippen molar-refractivity contribution in [3.63, 3.8) is 0 Å². The fourth-order valence-corrected chi connectivity index (χ4v) is 2.13. The van der Waals surface area contributed by atoms with Gasteiger partial charge >= 0.3 is 5.97 Å². The molecule has 22 heavy (non-hydrogen) atoms. The van der Waals surface area contributed by atoms with Gasteiger partial charge in [-0.25, -0.2) is 4.79 Å². The van der Waals surface area contributed by atoms with E-state index >= 15 is 0 Å². The lowest BCUT2D eigenvalue weighted by Crippen LogP contribution is -2.21. The molecule has 0 aliphatic carbocycles. The predicted octanol–water partition coefficient (Wildman–Crippen LogP) is 4.28. The van der Waals surface area contributed by atoms with Crippen LogP contribution in [0.5, 0.6) is 11.5 Å². The molecule has 0 atom stereocenters.